The molecular weight excluding hydrogens is 336 g/mol. The van der Waals surface area contributed by atoms with Crippen LogP contribution in [0, 0.1) is 17.2 Å². The molecule has 0 bridgehead atoms. The van der Waals surface area contributed by atoms with Crippen molar-refractivity contribution in [2.75, 3.05) is 13.2 Å². The number of nitrogens with zero attached hydrogens (tertiary/aromatic N) is 3. The number of carbonyl (C=O) groups is 2. The standard InChI is InChI=1S/C18H20N4O4/c1-12(2)10-22-17(24)14-7-4-3-6-13(14)16(21-22)18(25)26-11-15(23)20-9-5-8-19/h3-4,6-7,12H,5,9-11H2,1-2H3,(H,20,23). The van der Waals surface area contributed by atoms with E-state index in [0.29, 0.717) is 17.3 Å². The van der Waals surface area contributed by atoms with Gasteiger partial charge in [-0.25, -0.2) is 9.48 Å². The number of ether oxygens (including phenoxy) is 1. The van der Waals surface area contributed by atoms with Crippen molar-refractivity contribution >= 4 is 22.6 Å². The molecule has 8 nitrogen and oxygen atoms in total. The zero-order valence-corrected chi connectivity index (χ0v) is 14.7. The summed E-state index contributed by atoms with van der Waals surface area (Å²) in [5.74, 6) is -1.13. The maximum Gasteiger partial charge on any atom is 0.359 e. The summed E-state index contributed by atoms with van der Waals surface area (Å²) in [5.41, 5.74) is -0.286. The molecule has 0 aliphatic carbocycles. The fraction of sp³-hybridized carbons (Fsp3) is 0.389. The highest BCUT2D eigenvalue weighted by Gasteiger charge is 2.19. The van der Waals surface area contributed by atoms with Gasteiger partial charge in [0.15, 0.2) is 12.3 Å². The summed E-state index contributed by atoms with van der Waals surface area (Å²) in [5, 5.41) is 15.8. The lowest BCUT2D eigenvalue weighted by Crippen LogP contribution is -2.31. The van der Waals surface area contributed by atoms with Gasteiger partial charge in [-0.15, -0.1) is 0 Å². The van der Waals surface area contributed by atoms with Gasteiger partial charge in [-0.2, -0.15) is 10.4 Å². The number of fused-ring (bicyclic) bond motifs is 1. The molecule has 0 fully saturated rings. The van der Waals surface area contributed by atoms with Crippen LogP contribution in [-0.2, 0) is 16.1 Å². The number of aromatic nitrogens is 2. The van der Waals surface area contributed by atoms with Gasteiger partial charge in [0.2, 0.25) is 0 Å². The second-order valence-corrected chi connectivity index (χ2v) is 6.11. The molecule has 0 saturated heterocycles. The SMILES string of the molecule is CC(C)Cn1nc(C(=O)OCC(=O)NCCC#N)c2ccccc2c1=O. The molecule has 2 aromatic rings. The lowest BCUT2D eigenvalue weighted by molar-refractivity contribution is -0.124. The van der Waals surface area contributed by atoms with Gasteiger partial charge in [0.05, 0.1) is 17.9 Å². The van der Waals surface area contributed by atoms with Gasteiger partial charge in [-0.3, -0.25) is 9.59 Å². The lowest BCUT2D eigenvalue weighted by Gasteiger charge is -2.12. The minimum atomic E-state index is -0.783. The highest BCUT2D eigenvalue weighted by molar-refractivity contribution is 6.02. The third kappa shape index (κ3) is 4.66. The second kappa shape index (κ2) is 8.76. The smallest absolute Gasteiger partial charge is 0.359 e. The van der Waals surface area contributed by atoms with Gasteiger partial charge < -0.3 is 10.1 Å². The molecule has 26 heavy (non-hydrogen) atoms. The van der Waals surface area contributed by atoms with Crippen molar-refractivity contribution in [2.45, 2.75) is 26.8 Å². The first-order valence-electron chi connectivity index (χ1n) is 8.24. The predicted molar refractivity (Wildman–Crippen MR) is 94.4 cm³/mol. The average Bonchev–Trinajstić information content (AvgIpc) is 2.62. The van der Waals surface area contributed by atoms with Crippen LogP contribution >= 0.6 is 0 Å². The number of rotatable bonds is 7. The molecular formula is C18H20N4O4. The fourth-order valence-electron chi connectivity index (χ4n) is 2.36. The highest BCUT2D eigenvalue weighted by Crippen LogP contribution is 2.14. The van der Waals surface area contributed by atoms with E-state index < -0.39 is 18.5 Å². The van der Waals surface area contributed by atoms with Crippen LogP contribution in [0.1, 0.15) is 30.8 Å². The monoisotopic (exact) mass is 356 g/mol. The normalized spacial score (nSPS) is 10.5. The Morgan fingerprint density at radius 1 is 1.31 bits per heavy atom. The van der Waals surface area contributed by atoms with Crippen molar-refractivity contribution < 1.29 is 14.3 Å². The summed E-state index contributed by atoms with van der Waals surface area (Å²) in [4.78, 5) is 36.5. The van der Waals surface area contributed by atoms with Crippen molar-refractivity contribution in [1.82, 2.24) is 15.1 Å². The lowest BCUT2D eigenvalue weighted by atomic mass is 10.1. The average molecular weight is 356 g/mol. The topological polar surface area (TPSA) is 114 Å². The maximum atomic E-state index is 12.5. The Hall–Kier alpha value is -3.21. The molecule has 1 N–H and O–H groups in total. The van der Waals surface area contributed by atoms with E-state index in [-0.39, 0.29) is 30.1 Å². The van der Waals surface area contributed by atoms with Crippen LogP contribution in [-0.4, -0.2) is 34.8 Å². The van der Waals surface area contributed by atoms with Gasteiger partial charge in [-0.05, 0) is 12.0 Å². The Balaban J connectivity index is 2.26. The Bertz CT molecular complexity index is 912. The minimum Gasteiger partial charge on any atom is -0.451 e. The van der Waals surface area contributed by atoms with Gasteiger partial charge in [0, 0.05) is 18.5 Å². The van der Waals surface area contributed by atoms with Crippen LogP contribution in [0.5, 0.6) is 0 Å². The van der Waals surface area contributed by atoms with Crippen LogP contribution in [0.3, 0.4) is 0 Å². The van der Waals surface area contributed by atoms with Crippen LogP contribution in [0.15, 0.2) is 29.1 Å². The number of esters is 1. The Kier molecular flexibility index (Phi) is 6.44. The zero-order valence-electron chi connectivity index (χ0n) is 14.7. The Labute approximate surface area is 150 Å². The molecule has 0 aliphatic heterocycles. The summed E-state index contributed by atoms with van der Waals surface area (Å²) in [6.07, 6.45) is 0.173. The van der Waals surface area contributed by atoms with Crippen LogP contribution in [0.25, 0.3) is 10.8 Å². The molecule has 1 aromatic carbocycles. The minimum absolute atomic E-state index is 0.00863. The van der Waals surface area contributed by atoms with Gasteiger partial charge in [0.1, 0.15) is 0 Å². The molecule has 0 spiro atoms. The van der Waals surface area contributed by atoms with Crippen LogP contribution in [0.2, 0.25) is 0 Å². The summed E-state index contributed by atoms with van der Waals surface area (Å²) in [6.45, 7) is 3.94. The summed E-state index contributed by atoms with van der Waals surface area (Å²) >= 11 is 0. The first-order chi connectivity index (χ1) is 12.4. The number of amides is 1. The largest absolute Gasteiger partial charge is 0.451 e. The van der Waals surface area contributed by atoms with Crippen molar-refractivity contribution in [3.05, 3.63) is 40.3 Å². The molecule has 2 rings (SSSR count). The van der Waals surface area contributed by atoms with Gasteiger partial charge in [-0.1, -0.05) is 32.0 Å². The van der Waals surface area contributed by atoms with E-state index in [0.717, 1.165) is 0 Å². The van der Waals surface area contributed by atoms with Gasteiger partial charge >= 0.3 is 5.97 Å². The summed E-state index contributed by atoms with van der Waals surface area (Å²) in [7, 11) is 0. The first-order valence-corrected chi connectivity index (χ1v) is 8.24. The number of benzene rings is 1. The number of hydrogen-bond acceptors (Lipinski definition) is 6. The van der Waals surface area contributed by atoms with E-state index in [1.165, 1.54) is 4.68 Å². The number of hydrogen-bond donors (Lipinski definition) is 1. The fourth-order valence-corrected chi connectivity index (χ4v) is 2.36. The third-order valence-corrected chi connectivity index (χ3v) is 3.49. The molecule has 1 amide bonds. The number of nitriles is 1. The highest BCUT2D eigenvalue weighted by atomic mass is 16.5. The molecule has 0 aliphatic rings. The molecule has 0 radical (unpaired) electrons. The van der Waals surface area contributed by atoms with Crippen molar-refractivity contribution in [3.8, 4) is 6.07 Å². The predicted octanol–water partition coefficient (Wildman–Crippen LogP) is 1.24. The van der Waals surface area contributed by atoms with E-state index in [9.17, 15) is 14.4 Å². The molecule has 0 saturated carbocycles. The quantitative estimate of drug-likeness (QED) is 0.590. The van der Waals surface area contributed by atoms with Crippen LogP contribution in [0.4, 0.5) is 0 Å². The van der Waals surface area contributed by atoms with E-state index in [1.54, 1.807) is 24.3 Å². The molecule has 0 unspecified atom stereocenters. The first kappa shape index (κ1) is 19.1. The summed E-state index contributed by atoms with van der Waals surface area (Å²) in [6, 6.07) is 8.55. The van der Waals surface area contributed by atoms with Gasteiger partial charge in [0.25, 0.3) is 11.5 Å². The van der Waals surface area contributed by atoms with E-state index in [4.69, 9.17) is 10.00 Å². The summed E-state index contributed by atoms with van der Waals surface area (Å²) < 4.78 is 6.26. The molecule has 8 heteroatoms. The Morgan fingerprint density at radius 2 is 2.00 bits per heavy atom. The van der Waals surface area contributed by atoms with Crippen molar-refractivity contribution in [2.24, 2.45) is 5.92 Å². The van der Waals surface area contributed by atoms with E-state index in [2.05, 4.69) is 10.4 Å². The van der Waals surface area contributed by atoms with Crippen molar-refractivity contribution in [1.29, 1.82) is 5.26 Å². The molecule has 136 valence electrons. The molecule has 1 aromatic heterocycles. The molecule has 1 heterocycles. The van der Waals surface area contributed by atoms with E-state index in [1.807, 2.05) is 19.9 Å². The number of carbonyl (C=O) groups excluding carboxylic acids is 2. The zero-order chi connectivity index (χ0) is 19.1. The molecule has 0 atom stereocenters. The van der Waals surface area contributed by atoms with Crippen LogP contribution < -0.4 is 10.9 Å². The van der Waals surface area contributed by atoms with E-state index >= 15 is 0 Å². The second-order valence-electron chi connectivity index (χ2n) is 6.11. The van der Waals surface area contributed by atoms with Crippen molar-refractivity contribution in [3.63, 3.8) is 0 Å². The third-order valence-electron chi connectivity index (χ3n) is 3.49. The maximum absolute atomic E-state index is 12.5. The Morgan fingerprint density at radius 3 is 2.65 bits per heavy atom. The number of nitrogens with one attached hydrogen (secondary N) is 1.